The largest absolute Gasteiger partial charge is 0.462 e. The maximum atomic E-state index is 11.6. The molecule has 2 atom stereocenters. The number of hydrogen-bond donors (Lipinski definition) is 2. The summed E-state index contributed by atoms with van der Waals surface area (Å²) in [5.41, 5.74) is 6.65. The molecular formula is C12H17N3O2. The minimum Gasteiger partial charge on any atom is -0.462 e. The Morgan fingerprint density at radius 1 is 1.71 bits per heavy atom. The number of carbonyl (C=O) groups is 1. The number of pyridine rings is 1. The first kappa shape index (κ1) is 11.7. The molecule has 2 rings (SSSR count). The van der Waals surface area contributed by atoms with Crippen molar-refractivity contribution in [3.63, 3.8) is 0 Å². The van der Waals surface area contributed by atoms with E-state index in [4.69, 9.17) is 10.5 Å². The van der Waals surface area contributed by atoms with Crippen molar-refractivity contribution >= 4 is 17.5 Å². The van der Waals surface area contributed by atoms with Gasteiger partial charge in [0.1, 0.15) is 5.82 Å². The molecule has 0 saturated heterocycles. The summed E-state index contributed by atoms with van der Waals surface area (Å²) >= 11 is 0. The molecule has 0 amide bonds. The first-order chi connectivity index (χ1) is 8.13. The lowest BCUT2D eigenvalue weighted by molar-refractivity contribution is 0.0527. The van der Waals surface area contributed by atoms with Crippen LogP contribution in [0.5, 0.6) is 0 Å². The van der Waals surface area contributed by atoms with Gasteiger partial charge in [-0.15, -0.1) is 0 Å². The van der Waals surface area contributed by atoms with E-state index in [1.807, 2.05) is 0 Å². The highest BCUT2D eigenvalue weighted by molar-refractivity contribution is 5.97. The molecule has 0 radical (unpaired) electrons. The van der Waals surface area contributed by atoms with Crippen LogP contribution >= 0.6 is 0 Å². The summed E-state index contributed by atoms with van der Waals surface area (Å²) in [5.74, 6) is 0.812. The SMILES string of the molecule is CCOC(=O)c1ccnc(NC2CC2C)c1N. The maximum Gasteiger partial charge on any atom is 0.340 e. The van der Waals surface area contributed by atoms with Crippen LogP contribution in [0.2, 0.25) is 0 Å². The van der Waals surface area contributed by atoms with E-state index in [-0.39, 0.29) is 0 Å². The summed E-state index contributed by atoms with van der Waals surface area (Å²) in [4.78, 5) is 15.8. The molecule has 92 valence electrons. The highest BCUT2D eigenvalue weighted by Gasteiger charge is 2.33. The third-order valence-electron chi connectivity index (χ3n) is 2.92. The summed E-state index contributed by atoms with van der Waals surface area (Å²) in [6.45, 7) is 4.26. The fraction of sp³-hybridized carbons (Fsp3) is 0.500. The number of aromatic nitrogens is 1. The molecule has 2 unspecified atom stereocenters. The molecule has 0 aromatic carbocycles. The monoisotopic (exact) mass is 235 g/mol. The van der Waals surface area contributed by atoms with Gasteiger partial charge >= 0.3 is 5.97 Å². The highest BCUT2D eigenvalue weighted by Crippen LogP contribution is 2.34. The zero-order valence-corrected chi connectivity index (χ0v) is 10.1. The van der Waals surface area contributed by atoms with Crippen LogP contribution in [0.4, 0.5) is 11.5 Å². The molecule has 17 heavy (non-hydrogen) atoms. The van der Waals surface area contributed by atoms with Gasteiger partial charge in [0.05, 0.1) is 17.9 Å². The van der Waals surface area contributed by atoms with E-state index in [9.17, 15) is 4.79 Å². The summed E-state index contributed by atoms with van der Waals surface area (Å²) < 4.78 is 4.93. The van der Waals surface area contributed by atoms with Crippen molar-refractivity contribution in [2.24, 2.45) is 5.92 Å². The smallest absolute Gasteiger partial charge is 0.340 e. The number of carbonyl (C=O) groups excluding carboxylic acids is 1. The van der Waals surface area contributed by atoms with Gasteiger partial charge in [-0.2, -0.15) is 0 Å². The van der Waals surface area contributed by atoms with E-state index < -0.39 is 5.97 Å². The van der Waals surface area contributed by atoms with Crippen molar-refractivity contribution in [3.8, 4) is 0 Å². The third kappa shape index (κ3) is 2.49. The van der Waals surface area contributed by atoms with E-state index in [0.717, 1.165) is 6.42 Å². The summed E-state index contributed by atoms with van der Waals surface area (Å²) in [6.07, 6.45) is 2.68. The Morgan fingerprint density at radius 3 is 3.00 bits per heavy atom. The Bertz CT molecular complexity index is 434. The molecule has 1 aromatic heterocycles. The molecule has 0 spiro atoms. The van der Waals surface area contributed by atoms with E-state index in [1.165, 1.54) is 0 Å². The number of ether oxygens (including phenoxy) is 1. The predicted molar refractivity (Wildman–Crippen MR) is 65.8 cm³/mol. The van der Waals surface area contributed by atoms with E-state index in [1.54, 1.807) is 19.2 Å². The standard InChI is InChI=1S/C12H17N3O2/c1-3-17-12(16)8-4-5-14-11(10(8)13)15-9-6-7(9)2/h4-5,7,9H,3,6,13H2,1-2H3,(H,14,15). The van der Waals surface area contributed by atoms with Crippen LogP contribution in [0.1, 0.15) is 30.6 Å². The van der Waals surface area contributed by atoms with Crippen molar-refractivity contribution in [2.45, 2.75) is 26.3 Å². The minimum absolute atomic E-state index is 0.336. The topological polar surface area (TPSA) is 77.2 Å². The third-order valence-corrected chi connectivity index (χ3v) is 2.92. The Kier molecular flexibility index (Phi) is 3.17. The molecule has 1 fully saturated rings. The molecule has 5 heteroatoms. The molecule has 1 saturated carbocycles. The summed E-state index contributed by atoms with van der Waals surface area (Å²) in [6, 6.07) is 2.00. The van der Waals surface area contributed by atoms with E-state index in [2.05, 4.69) is 17.2 Å². The van der Waals surface area contributed by atoms with Gasteiger partial charge in [0.15, 0.2) is 0 Å². The van der Waals surface area contributed by atoms with Crippen LogP contribution in [0.15, 0.2) is 12.3 Å². The lowest BCUT2D eigenvalue weighted by Crippen LogP contribution is -2.13. The Hall–Kier alpha value is -1.78. The molecule has 3 N–H and O–H groups in total. The van der Waals surface area contributed by atoms with E-state index >= 15 is 0 Å². The van der Waals surface area contributed by atoms with Crippen LogP contribution < -0.4 is 11.1 Å². The van der Waals surface area contributed by atoms with Crippen molar-refractivity contribution < 1.29 is 9.53 Å². The van der Waals surface area contributed by atoms with Crippen molar-refractivity contribution in [1.82, 2.24) is 4.98 Å². The Morgan fingerprint density at radius 2 is 2.41 bits per heavy atom. The molecular weight excluding hydrogens is 218 g/mol. The van der Waals surface area contributed by atoms with Gasteiger partial charge in [0, 0.05) is 12.2 Å². The highest BCUT2D eigenvalue weighted by atomic mass is 16.5. The number of nitrogens with two attached hydrogens (primary N) is 1. The fourth-order valence-corrected chi connectivity index (χ4v) is 1.67. The first-order valence-corrected chi connectivity index (χ1v) is 5.81. The number of esters is 1. The maximum absolute atomic E-state index is 11.6. The number of rotatable bonds is 4. The van der Waals surface area contributed by atoms with Crippen LogP contribution in [-0.2, 0) is 4.74 Å². The van der Waals surface area contributed by atoms with Gasteiger partial charge in [0.25, 0.3) is 0 Å². The number of nitrogens with one attached hydrogen (secondary N) is 1. The van der Waals surface area contributed by atoms with Crippen molar-refractivity contribution in [1.29, 1.82) is 0 Å². The number of anilines is 2. The van der Waals surface area contributed by atoms with Crippen LogP contribution in [0.3, 0.4) is 0 Å². The number of nitrogen functional groups attached to an aromatic ring is 1. The molecule has 1 aliphatic rings. The molecule has 1 aromatic rings. The minimum atomic E-state index is -0.403. The fourth-order valence-electron chi connectivity index (χ4n) is 1.67. The summed E-state index contributed by atoms with van der Waals surface area (Å²) in [5, 5.41) is 3.23. The Balaban J connectivity index is 2.17. The van der Waals surface area contributed by atoms with E-state index in [0.29, 0.717) is 35.6 Å². The second-order valence-corrected chi connectivity index (χ2v) is 4.31. The van der Waals surface area contributed by atoms with Gasteiger partial charge in [-0.1, -0.05) is 6.92 Å². The zero-order valence-electron chi connectivity index (χ0n) is 10.1. The van der Waals surface area contributed by atoms with Gasteiger partial charge in [0.2, 0.25) is 0 Å². The van der Waals surface area contributed by atoms with Crippen LogP contribution in [0, 0.1) is 5.92 Å². The van der Waals surface area contributed by atoms with Crippen LogP contribution in [0.25, 0.3) is 0 Å². The van der Waals surface area contributed by atoms with Gasteiger partial charge in [-0.25, -0.2) is 9.78 Å². The van der Waals surface area contributed by atoms with Crippen LogP contribution in [-0.4, -0.2) is 23.6 Å². The Labute approximate surface area is 100 Å². The normalized spacial score (nSPS) is 22.0. The molecule has 5 nitrogen and oxygen atoms in total. The van der Waals surface area contributed by atoms with Gasteiger partial charge in [-0.3, -0.25) is 0 Å². The molecule has 1 heterocycles. The average Bonchev–Trinajstić information content (AvgIpc) is 2.98. The number of nitrogens with zero attached hydrogens (tertiary/aromatic N) is 1. The molecule has 1 aliphatic carbocycles. The average molecular weight is 235 g/mol. The van der Waals surface area contributed by atoms with Gasteiger partial charge in [-0.05, 0) is 25.3 Å². The lowest BCUT2D eigenvalue weighted by atomic mass is 10.2. The molecule has 0 bridgehead atoms. The number of hydrogen-bond acceptors (Lipinski definition) is 5. The molecule has 0 aliphatic heterocycles. The summed E-state index contributed by atoms with van der Waals surface area (Å²) in [7, 11) is 0. The quantitative estimate of drug-likeness (QED) is 0.776. The van der Waals surface area contributed by atoms with Crippen molar-refractivity contribution in [2.75, 3.05) is 17.7 Å². The second-order valence-electron chi connectivity index (χ2n) is 4.31. The second kappa shape index (κ2) is 4.61. The van der Waals surface area contributed by atoms with Crippen molar-refractivity contribution in [3.05, 3.63) is 17.8 Å². The first-order valence-electron chi connectivity index (χ1n) is 5.81. The van der Waals surface area contributed by atoms with Gasteiger partial charge < -0.3 is 15.8 Å². The lowest BCUT2D eigenvalue weighted by Gasteiger charge is -2.10. The predicted octanol–water partition coefficient (Wildman–Crippen LogP) is 1.66. The zero-order chi connectivity index (χ0) is 12.4.